The number of allylic oxidation sites excluding steroid dienone is 1. The quantitative estimate of drug-likeness (QED) is 0.398. The molecular formula is C24H30N2O6S. The number of amides is 1. The highest BCUT2D eigenvalue weighted by Gasteiger charge is 2.13. The van der Waals surface area contributed by atoms with Crippen molar-refractivity contribution in [2.45, 2.75) is 38.7 Å². The number of nitrogens with one attached hydrogen (secondary N) is 1. The number of carbonyl (C=O) groups excluding carboxylic acids is 1. The number of ether oxygens (including phenoxy) is 3. The first-order valence-corrected chi connectivity index (χ1v) is 12.2. The molecule has 0 heterocycles. The molecule has 0 radical (unpaired) electrons. The van der Waals surface area contributed by atoms with Crippen molar-refractivity contribution in [1.29, 1.82) is 0 Å². The van der Waals surface area contributed by atoms with E-state index in [1.807, 2.05) is 20.8 Å². The van der Waals surface area contributed by atoms with E-state index in [2.05, 4.69) is 10.3 Å². The van der Waals surface area contributed by atoms with Gasteiger partial charge in [0.2, 0.25) is 0 Å². The van der Waals surface area contributed by atoms with Gasteiger partial charge < -0.3 is 19.5 Å². The van der Waals surface area contributed by atoms with E-state index < -0.39 is 9.84 Å². The number of benzene rings is 2. The van der Waals surface area contributed by atoms with Crippen LogP contribution in [0.5, 0.6) is 17.2 Å². The molecule has 0 saturated carbocycles. The third-order valence-electron chi connectivity index (χ3n) is 4.21. The Balaban J connectivity index is 2.35. The fraction of sp³-hybridized carbons (Fsp3) is 0.333. The second kappa shape index (κ2) is 11.6. The Morgan fingerprint density at radius 1 is 1.09 bits per heavy atom. The number of aliphatic imine (C=N–C) groups is 1. The van der Waals surface area contributed by atoms with E-state index in [9.17, 15) is 13.2 Å². The lowest BCUT2D eigenvalue weighted by atomic mass is 10.2. The summed E-state index contributed by atoms with van der Waals surface area (Å²) >= 11 is 0. The Morgan fingerprint density at radius 3 is 2.27 bits per heavy atom. The van der Waals surface area contributed by atoms with Crippen molar-refractivity contribution in [1.82, 2.24) is 0 Å². The summed E-state index contributed by atoms with van der Waals surface area (Å²) in [5.74, 6) is 0.931. The molecule has 0 aromatic heterocycles. The predicted octanol–water partition coefficient (Wildman–Crippen LogP) is 4.62. The topological polar surface area (TPSA) is 103 Å². The third kappa shape index (κ3) is 8.36. The molecular weight excluding hydrogens is 444 g/mol. The monoisotopic (exact) mass is 474 g/mol. The second-order valence-electron chi connectivity index (χ2n) is 7.61. The van der Waals surface area contributed by atoms with Gasteiger partial charge in [-0.2, -0.15) is 0 Å². The number of hydrogen-bond acceptors (Lipinski definition) is 7. The van der Waals surface area contributed by atoms with Crippen LogP contribution in [0.1, 0.15) is 27.7 Å². The number of rotatable bonds is 10. The predicted molar refractivity (Wildman–Crippen MR) is 129 cm³/mol. The zero-order valence-corrected chi connectivity index (χ0v) is 20.5. The molecule has 33 heavy (non-hydrogen) atoms. The van der Waals surface area contributed by atoms with Gasteiger partial charge in [0.25, 0.3) is 5.91 Å². The van der Waals surface area contributed by atoms with Crippen molar-refractivity contribution in [2.24, 2.45) is 4.99 Å². The van der Waals surface area contributed by atoms with E-state index in [4.69, 9.17) is 14.2 Å². The summed E-state index contributed by atoms with van der Waals surface area (Å²) in [5, 5.41) is 2.81. The first kappa shape index (κ1) is 26.1. The Morgan fingerprint density at radius 2 is 1.73 bits per heavy atom. The summed E-state index contributed by atoms with van der Waals surface area (Å²) in [5.41, 5.74) is 1.49. The standard InChI is InChI=1S/C24H30N2O6S/c1-7-23(25-16(2)3)24(27)26-18-12-20(31-17(4)15-30-5)14-21(13-18)32-19-8-10-22(11-9-19)33(6,28)29/h7-14,17H,15H2,1-6H3,(H,26,27)/b23-7-/t17-/m0/s1. The SMILES string of the molecule is C/C=C(\N=C(C)C)C(=O)Nc1cc(Oc2ccc(S(C)(=O)=O)cc2)cc(O[C@@H](C)COC)c1. The van der Waals surface area contributed by atoms with Gasteiger partial charge in [0.15, 0.2) is 9.84 Å². The molecule has 0 fully saturated rings. The lowest BCUT2D eigenvalue weighted by Gasteiger charge is -2.17. The summed E-state index contributed by atoms with van der Waals surface area (Å²) in [6.45, 7) is 7.59. The zero-order valence-electron chi connectivity index (χ0n) is 19.7. The first-order chi connectivity index (χ1) is 15.5. The van der Waals surface area contributed by atoms with Gasteiger partial charge in [-0.3, -0.25) is 9.79 Å². The van der Waals surface area contributed by atoms with Crippen LogP contribution in [0.25, 0.3) is 0 Å². The van der Waals surface area contributed by atoms with Crippen molar-refractivity contribution in [2.75, 3.05) is 25.3 Å². The fourth-order valence-corrected chi connectivity index (χ4v) is 3.48. The maximum absolute atomic E-state index is 12.7. The molecule has 1 N–H and O–H groups in total. The van der Waals surface area contributed by atoms with Gasteiger partial charge in [-0.25, -0.2) is 8.42 Å². The van der Waals surface area contributed by atoms with Crippen LogP contribution in [0.15, 0.2) is 64.1 Å². The number of carbonyl (C=O) groups is 1. The van der Waals surface area contributed by atoms with Crippen molar-refractivity contribution in [3.05, 3.63) is 54.2 Å². The van der Waals surface area contributed by atoms with Gasteiger partial charge in [0, 0.05) is 43.0 Å². The van der Waals surface area contributed by atoms with Crippen LogP contribution in [0.3, 0.4) is 0 Å². The molecule has 1 atom stereocenters. The summed E-state index contributed by atoms with van der Waals surface area (Å²) in [6, 6.07) is 11.1. The normalized spacial score (nSPS) is 12.6. The van der Waals surface area contributed by atoms with Gasteiger partial charge >= 0.3 is 0 Å². The minimum atomic E-state index is -3.31. The summed E-state index contributed by atoms with van der Waals surface area (Å²) in [4.78, 5) is 17.1. The first-order valence-electron chi connectivity index (χ1n) is 10.3. The van der Waals surface area contributed by atoms with E-state index in [1.165, 1.54) is 12.1 Å². The van der Waals surface area contributed by atoms with Gasteiger partial charge in [-0.05, 0) is 52.0 Å². The minimum absolute atomic E-state index is 0.193. The molecule has 0 spiro atoms. The van der Waals surface area contributed by atoms with Crippen LogP contribution < -0.4 is 14.8 Å². The van der Waals surface area contributed by atoms with Gasteiger partial charge in [-0.15, -0.1) is 0 Å². The second-order valence-corrected chi connectivity index (χ2v) is 9.63. The van der Waals surface area contributed by atoms with Crippen molar-refractivity contribution in [3.63, 3.8) is 0 Å². The number of sulfone groups is 1. The van der Waals surface area contributed by atoms with E-state index in [-0.39, 0.29) is 22.6 Å². The Labute approximate surface area is 195 Å². The van der Waals surface area contributed by atoms with Gasteiger partial charge in [0.1, 0.15) is 29.0 Å². The van der Waals surface area contributed by atoms with Crippen LogP contribution in [0.2, 0.25) is 0 Å². The lowest BCUT2D eigenvalue weighted by molar-refractivity contribution is -0.112. The number of methoxy groups -OCH3 is 1. The number of hydrogen-bond donors (Lipinski definition) is 1. The van der Waals surface area contributed by atoms with Gasteiger partial charge in [0.05, 0.1) is 11.5 Å². The molecule has 9 heteroatoms. The maximum atomic E-state index is 12.7. The largest absolute Gasteiger partial charge is 0.488 e. The number of anilines is 1. The van der Waals surface area contributed by atoms with E-state index in [0.29, 0.717) is 29.5 Å². The van der Waals surface area contributed by atoms with Crippen molar-refractivity contribution in [3.8, 4) is 17.2 Å². The average Bonchev–Trinajstić information content (AvgIpc) is 2.71. The smallest absolute Gasteiger partial charge is 0.273 e. The molecule has 8 nitrogen and oxygen atoms in total. The van der Waals surface area contributed by atoms with Crippen LogP contribution in [-0.4, -0.2) is 46.1 Å². The van der Waals surface area contributed by atoms with Crippen LogP contribution in [0.4, 0.5) is 5.69 Å². The highest BCUT2D eigenvalue weighted by molar-refractivity contribution is 7.90. The molecule has 0 aliphatic heterocycles. The average molecular weight is 475 g/mol. The molecule has 2 aromatic rings. The summed E-state index contributed by atoms with van der Waals surface area (Å²) in [7, 11) is -1.73. The Bertz CT molecular complexity index is 1130. The lowest BCUT2D eigenvalue weighted by Crippen LogP contribution is -2.18. The molecule has 2 aromatic carbocycles. The fourth-order valence-electron chi connectivity index (χ4n) is 2.85. The highest BCUT2D eigenvalue weighted by atomic mass is 32.2. The van der Waals surface area contributed by atoms with Crippen LogP contribution in [-0.2, 0) is 19.4 Å². The van der Waals surface area contributed by atoms with E-state index in [0.717, 1.165) is 12.0 Å². The molecule has 0 aliphatic rings. The Kier molecular flexibility index (Phi) is 9.19. The maximum Gasteiger partial charge on any atom is 0.273 e. The van der Waals surface area contributed by atoms with E-state index >= 15 is 0 Å². The van der Waals surface area contributed by atoms with Crippen LogP contribution >= 0.6 is 0 Å². The summed E-state index contributed by atoms with van der Waals surface area (Å²) in [6.07, 6.45) is 2.54. The molecule has 0 unspecified atom stereocenters. The molecule has 2 rings (SSSR count). The van der Waals surface area contributed by atoms with Crippen molar-refractivity contribution < 1.29 is 27.4 Å². The Hall–Kier alpha value is -3.17. The number of nitrogens with zero attached hydrogens (tertiary/aromatic N) is 1. The van der Waals surface area contributed by atoms with E-state index in [1.54, 1.807) is 50.4 Å². The minimum Gasteiger partial charge on any atom is -0.488 e. The molecule has 1 amide bonds. The van der Waals surface area contributed by atoms with Crippen molar-refractivity contribution >= 4 is 27.1 Å². The highest BCUT2D eigenvalue weighted by Crippen LogP contribution is 2.31. The molecule has 178 valence electrons. The third-order valence-corrected chi connectivity index (χ3v) is 5.34. The zero-order chi connectivity index (χ0) is 24.6. The van der Waals surface area contributed by atoms with Crippen LogP contribution in [0, 0.1) is 0 Å². The molecule has 0 saturated heterocycles. The van der Waals surface area contributed by atoms with Gasteiger partial charge in [-0.1, -0.05) is 6.08 Å². The molecule has 0 aliphatic carbocycles. The summed E-state index contributed by atoms with van der Waals surface area (Å²) < 4.78 is 40.3. The molecule has 0 bridgehead atoms.